The summed E-state index contributed by atoms with van der Waals surface area (Å²) in [6.45, 7) is 1.26. The van der Waals surface area contributed by atoms with Crippen LogP contribution >= 0.6 is 0 Å². The summed E-state index contributed by atoms with van der Waals surface area (Å²) in [5.41, 5.74) is 4.09. The van der Waals surface area contributed by atoms with Crippen LogP contribution in [0.4, 0.5) is 0 Å². The average molecular weight is 737 g/mol. The van der Waals surface area contributed by atoms with Gasteiger partial charge in [0, 0.05) is 74.2 Å². The van der Waals surface area contributed by atoms with Crippen LogP contribution in [0.15, 0.2) is 181 Å². The number of hydrogen-bond acceptors (Lipinski definition) is 8. The monoisotopic (exact) mass is 736 g/mol. The fourth-order valence-corrected chi connectivity index (χ4v) is 5.77. The predicted molar refractivity (Wildman–Crippen MR) is 209 cm³/mol. The zero-order valence-electron chi connectivity index (χ0n) is 29.8. The third-order valence-corrected chi connectivity index (χ3v) is 8.49. The molecule has 4 aromatic carbocycles. The number of aromatic nitrogens is 6. The van der Waals surface area contributed by atoms with Crippen LogP contribution in [0.3, 0.4) is 0 Å². The van der Waals surface area contributed by atoms with Crippen molar-refractivity contribution in [1.29, 1.82) is 10.5 Å². The van der Waals surface area contributed by atoms with Crippen LogP contribution in [0.5, 0.6) is 23.0 Å². The predicted octanol–water partition coefficient (Wildman–Crippen LogP) is 7.49. The second-order valence-corrected chi connectivity index (χ2v) is 12.4. The lowest BCUT2D eigenvalue weighted by Gasteiger charge is -2.12. The molecule has 272 valence electrons. The van der Waals surface area contributed by atoms with E-state index in [0.717, 1.165) is 16.8 Å². The Kier molecular flexibility index (Phi) is 11.0. The maximum Gasteiger partial charge on any atom is 0.255 e. The summed E-state index contributed by atoms with van der Waals surface area (Å²) < 4.78 is 18.9. The molecule has 0 saturated heterocycles. The van der Waals surface area contributed by atoms with Gasteiger partial charge >= 0.3 is 0 Å². The summed E-state index contributed by atoms with van der Waals surface area (Å²) in [4.78, 5) is 32.1. The normalized spacial score (nSPS) is 10.4. The van der Waals surface area contributed by atoms with E-state index in [0.29, 0.717) is 52.9 Å². The number of pyridine rings is 2. The molecular weight excluding hydrogens is 705 g/mol. The lowest BCUT2D eigenvalue weighted by molar-refractivity contribution is 0.479. The Bertz CT molecular complexity index is 2780. The van der Waals surface area contributed by atoms with Crippen molar-refractivity contribution in [3.63, 3.8) is 0 Å². The van der Waals surface area contributed by atoms with Crippen molar-refractivity contribution in [3.05, 3.63) is 214 Å². The Morgan fingerprint density at radius 3 is 1.55 bits per heavy atom. The van der Waals surface area contributed by atoms with Gasteiger partial charge in [-0.25, -0.2) is 9.97 Å². The number of imidazole rings is 2. The minimum atomic E-state index is -0.125. The maximum atomic E-state index is 12.1. The van der Waals surface area contributed by atoms with Gasteiger partial charge in [0.15, 0.2) is 0 Å². The van der Waals surface area contributed by atoms with Crippen LogP contribution in [-0.2, 0) is 13.1 Å². The van der Waals surface area contributed by atoms with Gasteiger partial charge in [0.25, 0.3) is 11.1 Å². The van der Waals surface area contributed by atoms with Gasteiger partial charge in [-0.2, -0.15) is 10.5 Å². The highest BCUT2D eigenvalue weighted by atomic mass is 16.5. The number of ether oxygens (including phenoxy) is 2. The van der Waals surface area contributed by atoms with Crippen LogP contribution < -0.4 is 20.6 Å². The molecule has 0 saturated carbocycles. The molecule has 0 aliphatic rings. The van der Waals surface area contributed by atoms with E-state index >= 15 is 0 Å². The minimum Gasteiger partial charge on any atom is -0.456 e. The molecule has 4 heterocycles. The Hall–Kier alpha value is -8.22. The standard InChI is InChI=1S/2C22H16N4O2/c23-14-18-8-7-17(15-25-11-9-24-16-25)12-21(18)28-20-5-3-4-19(13-20)26-10-2-1-6-22(26)27;23-14-18-5-4-17(15-25-12-10-24-16-25)13-21(18)28-20-8-6-19(7-9-20)26-11-2-1-3-22(26)27/h2*1-13,16H,15H2. The van der Waals surface area contributed by atoms with E-state index < -0.39 is 0 Å². The molecule has 0 aliphatic heterocycles. The van der Waals surface area contributed by atoms with Crippen LogP contribution in [0.2, 0.25) is 0 Å². The molecule has 0 atom stereocenters. The van der Waals surface area contributed by atoms with E-state index in [1.54, 1.807) is 115 Å². The number of nitrogens with zero attached hydrogens (tertiary/aromatic N) is 8. The molecule has 0 bridgehead atoms. The van der Waals surface area contributed by atoms with Gasteiger partial charge in [0.05, 0.1) is 29.5 Å². The highest BCUT2D eigenvalue weighted by Gasteiger charge is 2.10. The maximum absolute atomic E-state index is 12.1. The van der Waals surface area contributed by atoms with Gasteiger partial charge in [-0.15, -0.1) is 0 Å². The smallest absolute Gasteiger partial charge is 0.255 e. The van der Waals surface area contributed by atoms with Crippen molar-refractivity contribution in [2.24, 2.45) is 0 Å². The summed E-state index contributed by atoms with van der Waals surface area (Å²) in [5.74, 6) is 2.09. The molecule has 4 aromatic heterocycles. The molecule has 0 spiro atoms. The lowest BCUT2D eigenvalue weighted by atomic mass is 10.1. The van der Waals surface area contributed by atoms with Gasteiger partial charge in [0.1, 0.15) is 35.1 Å². The molecule has 0 amide bonds. The Morgan fingerprint density at radius 2 is 1.05 bits per heavy atom. The zero-order chi connectivity index (χ0) is 38.7. The summed E-state index contributed by atoms with van der Waals surface area (Å²) in [6, 6.07) is 39.7. The van der Waals surface area contributed by atoms with Crippen molar-refractivity contribution in [2.75, 3.05) is 0 Å². The summed E-state index contributed by atoms with van der Waals surface area (Å²) in [6.07, 6.45) is 14.1. The van der Waals surface area contributed by atoms with E-state index in [1.807, 2.05) is 57.9 Å². The van der Waals surface area contributed by atoms with Gasteiger partial charge < -0.3 is 18.6 Å². The van der Waals surface area contributed by atoms with Gasteiger partial charge in [-0.3, -0.25) is 18.7 Å². The molecule has 56 heavy (non-hydrogen) atoms. The number of rotatable bonds is 10. The van der Waals surface area contributed by atoms with Crippen LogP contribution in [0.1, 0.15) is 22.3 Å². The van der Waals surface area contributed by atoms with E-state index in [-0.39, 0.29) is 11.1 Å². The molecule has 12 nitrogen and oxygen atoms in total. The molecular formula is C44H32N8O4. The highest BCUT2D eigenvalue weighted by molar-refractivity contribution is 5.50. The van der Waals surface area contributed by atoms with E-state index in [2.05, 4.69) is 22.1 Å². The van der Waals surface area contributed by atoms with Crippen LogP contribution in [0.25, 0.3) is 11.4 Å². The number of nitriles is 2. The first kappa shape index (κ1) is 36.2. The van der Waals surface area contributed by atoms with E-state index in [9.17, 15) is 20.1 Å². The molecule has 0 N–H and O–H groups in total. The van der Waals surface area contributed by atoms with Crippen molar-refractivity contribution >= 4 is 0 Å². The SMILES string of the molecule is N#Cc1ccc(Cn2ccnc2)cc1Oc1ccc(-n2ccccc2=O)cc1.N#Cc1ccc(Cn2ccnc2)cc1Oc1cccc(-n2ccccc2=O)c1. The van der Waals surface area contributed by atoms with Crippen molar-refractivity contribution in [2.45, 2.75) is 13.1 Å². The quantitative estimate of drug-likeness (QED) is 0.140. The van der Waals surface area contributed by atoms with Gasteiger partial charge in [-0.1, -0.05) is 30.3 Å². The summed E-state index contributed by atoms with van der Waals surface area (Å²) >= 11 is 0. The molecule has 8 aromatic rings. The molecule has 0 unspecified atom stereocenters. The first-order chi connectivity index (χ1) is 27.4. The van der Waals surface area contributed by atoms with E-state index in [1.165, 1.54) is 16.7 Å². The van der Waals surface area contributed by atoms with Gasteiger partial charge in [0.2, 0.25) is 0 Å². The molecule has 0 fully saturated rings. The van der Waals surface area contributed by atoms with Crippen LogP contribution in [0, 0.1) is 22.7 Å². The van der Waals surface area contributed by atoms with E-state index in [4.69, 9.17) is 9.47 Å². The molecule has 8 rings (SSSR count). The third kappa shape index (κ3) is 8.86. The van der Waals surface area contributed by atoms with Gasteiger partial charge in [-0.05, 0) is 83.9 Å². The van der Waals surface area contributed by atoms with Crippen LogP contribution in [-0.4, -0.2) is 28.2 Å². The Labute approximate surface area is 321 Å². The highest BCUT2D eigenvalue weighted by Crippen LogP contribution is 2.29. The summed E-state index contributed by atoms with van der Waals surface area (Å²) in [7, 11) is 0. The Morgan fingerprint density at radius 1 is 0.518 bits per heavy atom. The zero-order valence-corrected chi connectivity index (χ0v) is 29.8. The molecule has 0 aliphatic carbocycles. The van der Waals surface area contributed by atoms with Crippen molar-refractivity contribution < 1.29 is 9.47 Å². The summed E-state index contributed by atoms with van der Waals surface area (Å²) in [5, 5.41) is 18.8. The fourth-order valence-electron chi connectivity index (χ4n) is 5.77. The topological polar surface area (TPSA) is 146 Å². The lowest BCUT2D eigenvalue weighted by Crippen LogP contribution is -2.15. The number of benzene rings is 4. The van der Waals surface area contributed by atoms with Crippen molar-refractivity contribution in [1.82, 2.24) is 28.2 Å². The minimum absolute atomic E-state index is 0.102. The largest absolute Gasteiger partial charge is 0.456 e. The average Bonchev–Trinajstić information content (AvgIpc) is 3.94. The third-order valence-electron chi connectivity index (χ3n) is 8.49. The molecule has 12 heteroatoms. The molecule has 0 radical (unpaired) electrons. The fraction of sp³-hybridized carbons (Fsp3) is 0.0455. The number of hydrogen-bond donors (Lipinski definition) is 0. The van der Waals surface area contributed by atoms with Crippen molar-refractivity contribution in [3.8, 4) is 46.5 Å². The first-order valence-electron chi connectivity index (χ1n) is 17.4. The second-order valence-electron chi connectivity index (χ2n) is 12.4. The second kappa shape index (κ2) is 17.1. The Balaban J connectivity index is 0.000000172. The first-order valence-corrected chi connectivity index (χ1v) is 17.4.